The summed E-state index contributed by atoms with van der Waals surface area (Å²) in [6.45, 7) is 2.67. The molecule has 0 unspecified atom stereocenters. The maximum absolute atomic E-state index is 11.7. The second kappa shape index (κ2) is 6.77. The standard InChI is InChI=1S/C22H21N5O2S/c1-12(14-7-20(28)24-9-14)29-22-21-17(25-11-27(21)15-2-3-15)8-16(26-22)18-6-13-4-5-23-10-19(13)30-18/h4-6,8,10-12,14-15H,2-3,7,9H2,1H3,(H,24,28)/t12-,14-/m1/s1. The Labute approximate surface area is 177 Å². The highest BCUT2D eigenvalue weighted by molar-refractivity contribution is 7.22. The van der Waals surface area contributed by atoms with Crippen molar-refractivity contribution >= 4 is 38.4 Å². The minimum atomic E-state index is -0.121. The molecule has 2 fully saturated rings. The van der Waals surface area contributed by atoms with Crippen molar-refractivity contribution in [2.75, 3.05) is 6.54 Å². The van der Waals surface area contributed by atoms with Gasteiger partial charge in [0.2, 0.25) is 11.8 Å². The molecule has 5 heterocycles. The lowest BCUT2D eigenvalue weighted by Gasteiger charge is -2.20. The molecule has 1 amide bonds. The van der Waals surface area contributed by atoms with E-state index in [4.69, 9.17) is 9.72 Å². The predicted octanol–water partition coefficient (Wildman–Crippen LogP) is 3.95. The number of nitrogens with zero attached hydrogens (tertiary/aromatic N) is 4. The number of hydrogen-bond donors (Lipinski definition) is 1. The van der Waals surface area contributed by atoms with Crippen LogP contribution in [0.2, 0.25) is 0 Å². The molecule has 2 aliphatic rings. The summed E-state index contributed by atoms with van der Waals surface area (Å²) >= 11 is 1.67. The molecule has 0 spiro atoms. The lowest BCUT2D eigenvalue weighted by molar-refractivity contribution is -0.119. The number of hydrogen-bond acceptors (Lipinski definition) is 6. The molecular formula is C22H21N5O2S. The van der Waals surface area contributed by atoms with Crippen LogP contribution < -0.4 is 10.1 Å². The largest absolute Gasteiger partial charge is 0.473 e. The number of nitrogens with one attached hydrogen (secondary N) is 1. The van der Waals surface area contributed by atoms with E-state index in [1.807, 2.05) is 31.6 Å². The van der Waals surface area contributed by atoms with Gasteiger partial charge in [-0.3, -0.25) is 9.78 Å². The highest BCUT2D eigenvalue weighted by Crippen LogP contribution is 2.41. The number of thiophene rings is 1. The molecule has 2 atom stereocenters. The molecule has 0 radical (unpaired) electrons. The van der Waals surface area contributed by atoms with Gasteiger partial charge >= 0.3 is 0 Å². The zero-order valence-electron chi connectivity index (χ0n) is 16.5. The summed E-state index contributed by atoms with van der Waals surface area (Å²) in [5, 5.41) is 4.05. The number of rotatable bonds is 5. The van der Waals surface area contributed by atoms with E-state index in [1.54, 1.807) is 17.5 Å². The average molecular weight is 420 g/mol. The van der Waals surface area contributed by atoms with Crippen LogP contribution >= 0.6 is 11.3 Å². The fourth-order valence-electron chi connectivity index (χ4n) is 4.11. The molecule has 4 aromatic heterocycles. The van der Waals surface area contributed by atoms with Crippen LogP contribution in [0.25, 0.3) is 31.7 Å². The normalized spacial score (nSPS) is 20.0. The number of fused-ring (bicyclic) bond motifs is 2. The smallest absolute Gasteiger partial charge is 0.241 e. The summed E-state index contributed by atoms with van der Waals surface area (Å²) in [5.41, 5.74) is 2.70. The van der Waals surface area contributed by atoms with E-state index in [0.29, 0.717) is 24.9 Å². The molecule has 0 bridgehead atoms. The van der Waals surface area contributed by atoms with E-state index in [9.17, 15) is 4.79 Å². The molecule has 152 valence electrons. The summed E-state index contributed by atoms with van der Waals surface area (Å²) in [4.78, 5) is 26.6. The summed E-state index contributed by atoms with van der Waals surface area (Å²) in [5.74, 6) is 0.837. The monoisotopic (exact) mass is 419 g/mol. The zero-order chi connectivity index (χ0) is 20.2. The van der Waals surface area contributed by atoms with Gasteiger partial charge < -0.3 is 14.6 Å². The minimum Gasteiger partial charge on any atom is -0.473 e. The molecule has 4 aromatic rings. The van der Waals surface area contributed by atoms with Gasteiger partial charge in [0, 0.05) is 37.3 Å². The van der Waals surface area contributed by atoms with Gasteiger partial charge in [-0.15, -0.1) is 11.3 Å². The Balaban J connectivity index is 1.44. The molecule has 1 N–H and O–H groups in total. The van der Waals surface area contributed by atoms with Crippen LogP contribution in [0, 0.1) is 5.92 Å². The van der Waals surface area contributed by atoms with Gasteiger partial charge in [-0.25, -0.2) is 9.97 Å². The number of carbonyl (C=O) groups excluding carboxylic acids is 1. The third-order valence-electron chi connectivity index (χ3n) is 6.01. The highest BCUT2D eigenvalue weighted by Gasteiger charge is 2.31. The Morgan fingerprint density at radius 1 is 1.33 bits per heavy atom. The third kappa shape index (κ3) is 3.02. The Hall–Kier alpha value is -3.00. The minimum absolute atomic E-state index is 0.0872. The van der Waals surface area contributed by atoms with E-state index in [0.717, 1.165) is 44.5 Å². The number of amides is 1. The quantitative estimate of drug-likeness (QED) is 0.530. The number of imidazole rings is 1. The lowest BCUT2D eigenvalue weighted by atomic mass is 10.0. The predicted molar refractivity (Wildman–Crippen MR) is 116 cm³/mol. The summed E-state index contributed by atoms with van der Waals surface area (Å²) < 4.78 is 9.73. The molecule has 7 nitrogen and oxygen atoms in total. The van der Waals surface area contributed by atoms with Gasteiger partial charge in [0.1, 0.15) is 11.6 Å². The van der Waals surface area contributed by atoms with Crippen LogP contribution in [0.1, 0.15) is 32.2 Å². The van der Waals surface area contributed by atoms with Crippen LogP contribution in [0.4, 0.5) is 0 Å². The second-order valence-corrected chi connectivity index (χ2v) is 9.26. The van der Waals surface area contributed by atoms with Crippen molar-refractivity contribution in [2.45, 2.75) is 38.3 Å². The first-order chi connectivity index (χ1) is 14.7. The Morgan fingerprint density at radius 2 is 2.23 bits per heavy atom. The van der Waals surface area contributed by atoms with Crippen LogP contribution in [-0.2, 0) is 4.79 Å². The highest BCUT2D eigenvalue weighted by atomic mass is 32.1. The first-order valence-electron chi connectivity index (χ1n) is 10.3. The molecule has 1 saturated heterocycles. The SMILES string of the molecule is C[C@@H](Oc1nc(-c2cc3ccncc3s2)cc2ncn(C3CC3)c12)[C@H]1CNC(=O)C1. The van der Waals surface area contributed by atoms with Crippen molar-refractivity contribution in [3.63, 3.8) is 0 Å². The topological polar surface area (TPSA) is 81.9 Å². The fraction of sp³-hybridized carbons (Fsp3) is 0.364. The van der Waals surface area contributed by atoms with E-state index >= 15 is 0 Å². The molecule has 1 aliphatic carbocycles. The van der Waals surface area contributed by atoms with Crippen LogP contribution in [0.3, 0.4) is 0 Å². The summed E-state index contributed by atoms with van der Waals surface area (Å²) in [7, 11) is 0. The van der Waals surface area contributed by atoms with Crippen LogP contribution in [-0.4, -0.2) is 38.1 Å². The van der Waals surface area contributed by atoms with Gasteiger partial charge in [-0.2, -0.15) is 0 Å². The number of pyridine rings is 2. The summed E-state index contributed by atoms with van der Waals surface area (Å²) in [6.07, 6.45) is 8.28. The lowest BCUT2D eigenvalue weighted by Crippen LogP contribution is -2.26. The van der Waals surface area contributed by atoms with Gasteiger partial charge in [0.15, 0.2) is 0 Å². The fourth-order valence-corrected chi connectivity index (χ4v) is 5.10. The summed E-state index contributed by atoms with van der Waals surface area (Å²) in [6, 6.07) is 6.68. The van der Waals surface area contributed by atoms with E-state index in [2.05, 4.69) is 25.9 Å². The van der Waals surface area contributed by atoms with Crippen molar-refractivity contribution in [1.82, 2.24) is 24.8 Å². The molecule has 1 saturated carbocycles. The van der Waals surface area contributed by atoms with Gasteiger partial charge in [0.25, 0.3) is 0 Å². The second-order valence-electron chi connectivity index (χ2n) is 8.18. The van der Waals surface area contributed by atoms with Crippen molar-refractivity contribution in [1.29, 1.82) is 0 Å². The molecule has 1 aliphatic heterocycles. The maximum atomic E-state index is 11.7. The van der Waals surface area contributed by atoms with Crippen molar-refractivity contribution in [3.05, 3.63) is 36.9 Å². The molecule has 30 heavy (non-hydrogen) atoms. The molecule has 6 rings (SSSR count). The van der Waals surface area contributed by atoms with Gasteiger partial charge in [0.05, 0.1) is 27.1 Å². The number of aromatic nitrogens is 4. The van der Waals surface area contributed by atoms with E-state index < -0.39 is 0 Å². The third-order valence-corrected chi connectivity index (χ3v) is 7.11. The Bertz CT molecular complexity index is 1240. The zero-order valence-corrected chi connectivity index (χ0v) is 17.4. The first-order valence-corrected chi connectivity index (χ1v) is 11.1. The molecule has 8 heteroatoms. The van der Waals surface area contributed by atoms with Crippen molar-refractivity contribution in [2.24, 2.45) is 5.92 Å². The van der Waals surface area contributed by atoms with E-state index in [-0.39, 0.29) is 17.9 Å². The van der Waals surface area contributed by atoms with Crippen LogP contribution in [0.15, 0.2) is 36.9 Å². The van der Waals surface area contributed by atoms with Gasteiger partial charge in [-0.05, 0) is 43.4 Å². The average Bonchev–Trinajstić information content (AvgIpc) is 3.15. The number of ether oxygens (including phenoxy) is 1. The Morgan fingerprint density at radius 3 is 3.00 bits per heavy atom. The first kappa shape index (κ1) is 17.8. The molecular weight excluding hydrogens is 398 g/mol. The Kier molecular flexibility index (Phi) is 4.02. The van der Waals surface area contributed by atoms with E-state index in [1.165, 1.54) is 0 Å². The van der Waals surface area contributed by atoms with Crippen LogP contribution in [0.5, 0.6) is 5.88 Å². The number of carbonyl (C=O) groups is 1. The van der Waals surface area contributed by atoms with Crippen molar-refractivity contribution in [3.8, 4) is 16.5 Å². The maximum Gasteiger partial charge on any atom is 0.241 e. The van der Waals surface area contributed by atoms with Crippen molar-refractivity contribution < 1.29 is 9.53 Å². The molecule has 0 aromatic carbocycles. The van der Waals surface area contributed by atoms with Gasteiger partial charge in [-0.1, -0.05) is 0 Å².